The fraction of sp³-hybridized carbons (Fsp3) is 0.227. The summed E-state index contributed by atoms with van der Waals surface area (Å²) in [5.74, 6) is 0.705. The fourth-order valence-corrected chi connectivity index (χ4v) is 3.44. The Labute approximate surface area is 183 Å². The van der Waals surface area contributed by atoms with E-state index in [0.29, 0.717) is 23.1 Å². The van der Waals surface area contributed by atoms with Gasteiger partial charge >= 0.3 is 5.97 Å². The molecule has 0 unspecified atom stereocenters. The molecule has 0 aliphatic heterocycles. The fourth-order valence-electron chi connectivity index (χ4n) is 3.44. The van der Waals surface area contributed by atoms with E-state index < -0.39 is 5.97 Å². The summed E-state index contributed by atoms with van der Waals surface area (Å²) in [6.45, 7) is 5.71. The zero-order chi connectivity index (χ0) is 22.8. The molecule has 0 fully saturated rings. The average molecular weight is 435 g/mol. The Morgan fingerprint density at radius 3 is 2.59 bits per heavy atom. The van der Waals surface area contributed by atoms with Gasteiger partial charge in [-0.15, -0.1) is 0 Å². The summed E-state index contributed by atoms with van der Waals surface area (Å²) in [6.07, 6.45) is 1.38. The van der Waals surface area contributed by atoms with Crippen molar-refractivity contribution in [2.24, 2.45) is 7.05 Å². The molecule has 3 heterocycles. The summed E-state index contributed by atoms with van der Waals surface area (Å²) in [5, 5.41) is 12.1. The van der Waals surface area contributed by atoms with Crippen LogP contribution in [-0.4, -0.2) is 42.1 Å². The second-order valence-corrected chi connectivity index (χ2v) is 7.14. The number of carbonyl (C=O) groups is 1. The van der Waals surface area contributed by atoms with Crippen LogP contribution in [0.1, 0.15) is 28.7 Å². The van der Waals surface area contributed by atoms with Crippen LogP contribution in [0.2, 0.25) is 0 Å². The van der Waals surface area contributed by atoms with Gasteiger partial charge in [0.1, 0.15) is 18.0 Å². The zero-order valence-electron chi connectivity index (χ0n) is 18.1. The highest BCUT2D eigenvalue weighted by Gasteiger charge is 2.19. The van der Waals surface area contributed by atoms with Crippen molar-refractivity contribution < 1.29 is 13.9 Å². The van der Waals surface area contributed by atoms with Gasteiger partial charge in [-0.2, -0.15) is 10.2 Å². The number of aryl methyl sites for hydroxylation is 2. The monoisotopic (exact) mass is 435 g/mol. The number of halogens is 1. The van der Waals surface area contributed by atoms with Gasteiger partial charge in [-0.25, -0.2) is 23.8 Å². The Kier molecular flexibility index (Phi) is 5.67. The van der Waals surface area contributed by atoms with Crippen molar-refractivity contribution in [1.82, 2.24) is 29.5 Å². The number of nitrogens with one attached hydrogen (secondary N) is 1. The number of anilines is 2. The molecule has 4 rings (SSSR count). The van der Waals surface area contributed by atoms with Crippen molar-refractivity contribution in [3.05, 3.63) is 65.5 Å². The molecule has 10 heteroatoms. The minimum Gasteiger partial charge on any atom is -0.461 e. The van der Waals surface area contributed by atoms with Gasteiger partial charge in [0.15, 0.2) is 17.3 Å². The summed E-state index contributed by atoms with van der Waals surface area (Å²) in [6, 6.07) is 9.56. The quantitative estimate of drug-likeness (QED) is 0.461. The lowest BCUT2D eigenvalue weighted by Gasteiger charge is -2.08. The molecule has 0 saturated carbocycles. The highest BCUT2D eigenvalue weighted by atomic mass is 19.1. The largest absolute Gasteiger partial charge is 0.461 e. The molecule has 9 nitrogen and oxygen atoms in total. The molecule has 1 N–H and O–H groups in total. The molecule has 0 spiro atoms. The van der Waals surface area contributed by atoms with E-state index in [-0.39, 0.29) is 18.1 Å². The molecular formula is C22H22FN7O2. The highest BCUT2D eigenvalue weighted by molar-refractivity contribution is 5.88. The maximum absolute atomic E-state index is 13.3. The smallest absolute Gasteiger partial charge is 0.357 e. The Hall–Kier alpha value is -4.08. The lowest BCUT2D eigenvalue weighted by atomic mass is 10.1. The second kappa shape index (κ2) is 8.58. The Balaban J connectivity index is 1.66. The Morgan fingerprint density at radius 2 is 1.88 bits per heavy atom. The number of benzene rings is 1. The lowest BCUT2D eigenvalue weighted by Crippen LogP contribution is -2.13. The van der Waals surface area contributed by atoms with Gasteiger partial charge in [0.2, 0.25) is 0 Å². The first-order valence-electron chi connectivity index (χ1n) is 10.00. The van der Waals surface area contributed by atoms with E-state index in [9.17, 15) is 9.18 Å². The predicted molar refractivity (Wildman–Crippen MR) is 116 cm³/mol. The minimum atomic E-state index is -0.481. The molecule has 164 valence electrons. The molecule has 1 aromatic carbocycles. The first kappa shape index (κ1) is 21.2. The predicted octanol–water partition coefficient (Wildman–Crippen LogP) is 3.74. The van der Waals surface area contributed by atoms with Crippen LogP contribution in [0.5, 0.6) is 0 Å². The van der Waals surface area contributed by atoms with Crippen LogP contribution in [0.15, 0.2) is 42.7 Å². The number of esters is 1. The van der Waals surface area contributed by atoms with Crippen LogP contribution in [0.4, 0.5) is 16.0 Å². The Bertz CT molecular complexity index is 1280. The van der Waals surface area contributed by atoms with Gasteiger partial charge in [0.25, 0.3) is 0 Å². The normalized spacial score (nSPS) is 10.9. The number of rotatable bonds is 6. The number of carbonyl (C=O) groups excluding carboxylic acids is 1. The molecule has 0 atom stereocenters. The molecular weight excluding hydrogens is 413 g/mol. The molecule has 0 aliphatic rings. The summed E-state index contributed by atoms with van der Waals surface area (Å²) >= 11 is 0. The van der Waals surface area contributed by atoms with E-state index in [1.165, 1.54) is 23.1 Å². The third kappa shape index (κ3) is 4.07. The number of ether oxygens (including phenoxy) is 1. The average Bonchev–Trinajstić information content (AvgIpc) is 3.29. The number of hydrogen-bond donors (Lipinski definition) is 1. The van der Waals surface area contributed by atoms with Gasteiger partial charge in [-0.1, -0.05) is 0 Å². The van der Waals surface area contributed by atoms with E-state index in [1.807, 2.05) is 14.0 Å². The molecule has 3 aromatic heterocycles. The summed E-state index contributed by atoms with van der Waals surface area (Å²) < 4.78 is 21.6. The topological polar surface area (TPSA) is 99.8 Å². The summed E-state index contributed by atoms with van der Waals surface area (Å²) in [5.41, 5.74) is 3.52. The number of nitrogens with zero attached hydrogens (tertiary/aromatic N) is 6. The molecule has 0 saturated heterocycles. The van der Waals surface area contributed by atoms with Crippen molar-refractivity contribution in [1.29, 1.82) is 0 Å². The van der Waals surface area contributed by atoms with E-state index in [2.05, 4.69) is 25.5 Å². The molecule has 0 bridgehead atoms. The van der Waals surface area contributed by atoms with Crippen molar-refractivity contribution in [3.8, 4) is 17.1 Å². The first-order valence-corrected chi connectivity index (χ1v) is 10.00. The third-order valence-electron chi connectivity index (χ3n) is 4.83. The van der Waals surface area contributed by atoms with Gasteiger partial charge in [0.05, 0.1) is 18.0 Å². The summed E-state index contributed by atoms with van der Waals surface area (Å²) in [7, 11) is 1.82. The van der Waals surface area contributed by atoms with Crippen LogP contribution in [0.25, 0.3) is 17.1 Å². The van der Waals surface area contributed by atoms with E-state index in [0.717, 1.165) is 16.8 Å². The van der Waals surface area contributed by atoms with Crippen molar-refractivity contribution in [2.45, 2.75) is 20.8 Å². The second-order valence-electron chi connectivity index (χ2n) is 7.14. The molecule has 4 aromatic rings. The standard InChI is InChI=1S/C22H22FN7O2/c1-5-32-22(31)17-10-13(2)27-30(17)19-11-18(24-12-25-19)26-21-14(3)20(29(4)28-21)15-6-8-16(23)9-7-15/h6-12H,5H2,1-4H3,(H,24,25,26,28). The van der Waals surface area contributed by atoms with Crippen LogP contribution in [-0.2, 0) is 11.8 Å². The van der Waals surface area contributed by atoms with Gasteiger partial charge in [-0.3, -0.25) is 4.68 Å². The van der Waals surface area contributed by atoms with Crippen molar-refractivity contribution in [2.75, 3.05) is 11.9 Å². The summed E-state index contributed by atoms with van der Waals surface area (Å²) in [4.78, 5) is 20.8. The van der Waals surface area contributed by atoms with Crippen LogP contribution in [0.3, 0.4) is 0 Å². The van der Waals surface area contributed by atoms with Gasteiger partial charge in [0, 0.05) is 24.2 Å². The molecule has 0 radical (unpaired) electrons. The van der Waals surface area contributed by atoms with E-state index in [4.69, 9.17) is 4.74 Å². The van der Waals surface area contributed by atoms with E-state index in [1.54, 1.807) is 42.8 Å². The Morgan fingerprint density at radius 1 is 1.12 bits per heavy atom. The molecule has 32 heavy (non-hydrogen) atoms. The van der Waals surface area contributed by atoms with E-state index >= 15 is 0 Å². The van der Waals surface area contributed by atoms with Crippen LogP contribution < -0.4 is 5.32 Å². The van der Waals surface area contributed by atoms with Crippen molar-refractivity contribution >= 4 is 17.6 Å². The first-order chi connectivity index (χ1) is 15.4. The van der Waals surface area contributed by atoms with Crippen LogP contribution >= 0.6 is 0 Å². The SMILES string of the molecule is CCOC(=O)c1cc(C)nn1-c1cc(Nc2nn(C)c(-c3ccc(F)cc3)c2C)ncn1. The maximum atomic E-state index is 13.3. The molecule has 0 amide bonds. The lowest BCUT2D eigenvalue weighted by molar-refractivity contribution is 0.0515. The number of aromatic nitrogens is 6. The van der Waals surface area contributed by atoms with Crippen molar-refractivity contribution in [3.63, 3.8) is 0 Å². The number of hydrogen-bond acceptors (Lipinski definition) is 7. The molecule has 0 aliphatic carbocycles. The highest BCUT2D eigenvalue weighted by Crippen LogP contribution is 2.29. The zero-order valence-corrected chi connectivity index (χ0v) is 18.1. The third-order valence-corrected chi connectivity index (χ3v) is 4.83. The minimum absolute atomic E-state index is 0.259. The van der Waals surface area contributed by atoms with Crippen LogP contribution in [0, 0.1) is 19.7 Å². The van der Waals surface area contributed by atoms with Gasteiger partial charge in [-0.05, 0) is 51.1 Å². The van der Waals surface area contributed by atoms with Gasteiger partial charge < -0.3 is 10.1 Å². The maximum Gasteiger partial charge on any atom is 0.357 e.